The van der Waals surface area contributed by atoms with Crippen LogP contribution in [0.2, 0.25) is 5.02 Å². The van der Waals surface area contributed by atoms with Crippen molar-refractivity contribution in [3.8, 4) is 0 Å². The van der Waals surface area contributed by atoms with Gasteiger partial charge in [-0.15, -0.1) is 0 Å². The molecule has 1 aromatic rings. The maximum absolute atomic E-state index is 12.0. The standard InChI is InChI=1S/C13H15ClO/c1-8-6-11(7-9(2)12(8)14)13(15)10-4-3-5-10/h6-7,10H,3-5H2,1-2H3. The molecule has 2 heteroatoms. The Labute approximate surface area is 95.4 Å². The van der Waals surface area contributed by atoms with E-state index in [4.69, 9.17) is 11.6 Å². The highest BCUT2D eigenvalue weighted by molar-refractivity contribution is 6.32. The second kappa shape index (κ2) is 3.97. The Hall–Kier alpha value is -0.820. The number of aryl methyl sites for hydroxylation is 2. The van der Waals surface area contributed by atoms with Crippen LogP contribution in [-0.2, 0) is 0 Å². The van der Waals surface area contributed by atoms with Crippen LogP contribution in [0.5, 0.6) is 0 Å². The molecule has 1 aliphatic carbocycles. The van der Waals surface area contributed by atoms with Crippen molar-refractivity contribution in [1.29, 1.82) is 0 Å². The summed E-state index contributed by atoms with van der Waals surface area (Å²) in [6, 6.07) is 3.83. The molecular formula is C13H15ClO. The Balaban J connectivity index is 2.32. The predicted octanol–water partition coefficient (Wildman–Crippen LogP) is 3.94. The number of carbonyl (C=O) groups excluding carboxylic acids is 1. The molecule has 0 bridgehead atoms. The topological polar surface area (TPSA) is 17.1 Å². The highest BCUT2D eigenvalue weighted by atomic mass is 35.5. The molecule has 1 aromatic carbocycles. The molecular weight excluding hydrogens is 208 g/mol. The molecule has 0 aromatic heterocycles. The van der Waals surface area contributed by atoms with E-state index >= 15 is 0 Å². The van der Waals surface area contributed by atoms with Gasteiger partial charge in [0.1, 0.15) is 0 Å². The minimum Gasteiger partial charge on any atom is -0.294 e. The molecule has 0 saturated heterocycles. The summed E-state index contributed by atoms with van der Waals surface area (Å²) in [5, 5.41) is 0.778. The predicted molar refractivity (Wildman–Crippen MR) is 62.6 cm³/mol. The molecule has 1 fully saturated rings. The summed E-state index contributed by atoms with van der Waals surface area (Å²) in [6.07, 6.45) is 3.31. The minimum atomic E-state index is 0.268. The summed E-state index contributed by atoms with van der Waals surface area (Å²) in [4.78, 5) is 12.0. The van der Waals surface area contributed by atoms with E-state index in [1.165, 1.54) is 6.42 Å². The lowest BCUT2D eigenvalue weighted by molar-refractivity contribution is 0.0855. The van der Waals surface area contributed by atoms with E-state index in [1.807, 2.05) is 26.0 Å². The lowest BCUT2D eigenvalue weighted by Crippen LogP contribution is -2.22. The van der Waals surface area contributed by atoms with Crippen LogP contribution in [0.4, 0.5) is 0 Å². The largest absolute Gasteiger partial charge is 0.294 e. The van der Waals surface area contributed by atoms with Gasteiger partial charge in [-0.25, -0.2) is 0 Å². The van der Waals surface area contributed by atoms with Gasteiger partial charge >= 0.3 is 0 Å². The fourth-order valence-corrected chi connectivity index (χ4v) is 2.10. The first-order valence-electron chi connectivity index (χ1n) is 5.40. The van der Waals surface area contributed by atoms with Crippen molar-refractivity contribution in [2.24, 2.45) is 5.92 Å². The summed E-state index contributed by atoms with van der Waals surface area (Å²) in [5.74, 6) is 0.564. The number of Topliss-reactive ketones (excluding diaryl/α,β-unsaturated/α-hetero) is 1. The smallest absolute Gasteiger partial charge is 0.165 e. The van der Waals surface area contributed by atoms with E-state index < -0.39 is 0 Å². The van der Waals surface area contributed by atoms with Crippen molar-refractivity contribution in [3.05, 3.63) is 33.8 Å². The van der Waals surface area contributed by atoms with Gasteiger partial charge in [-0.1, -0.05) is 18.0 Å². The Morgan fingerprint density at radius 1 is 1.27 bits per heavy atom. The monoisotopic (exact) mass is 222 g/mol. The number of hydrogen-bond donors (Lipinski definition) is 0. The van der Waals surface area contributed by atoms with Crippen LogP contribution in [0.25, 0.3) is 0 Å². The third-order valence-corrected chi connectivity index (χ3v) is 3.79. The average Bonchev–Trinajstić information content (AvgIpc) is 2.10. The molecule has 1 saturated carbocycles. The first-order chi connectivity index (χ1) is 7.09. The van der Waals surface area contributed by atoms with E-state index in [0.717, 1.165) is 34.6 Å². The number of benzene rings is 1. The Bertz CT molecular complexity index is 382. The zero-order chi connectivity index (χ0) is 11.0. The van der Waals surface area contributed by atoms with Crippen LogP contribution in [0, 0.1) is 19.8 Å². The Morgan fingerprint density at radius 2 is 1.80 bits per heavy atom. The second-order valence-electron chi connectivity index (χ2n) is 4.42. The van der Waals surface area contributed by atoms with Gasteiger partial charge in [0.15, 0.2) is 5.78 Å². The molecule has 1 nitrogen and oxygen atoms in total. The molecule has 0 amide bonds. The first kappa shape index (κ1) is 10.7. The third-order valence-electron chi connectivity index (χ3n) is 3.20. The van der Waals surface area contributed by atoms with E-state index in [0.29, 0.717) is 5.78 Å². The molecule has 80 valence electrons. The molecule has 0 spiro atoms. The van der Waals surface area contributed by atoms with Gasteiger partial charge in [0.2, 0.25) is 0 Å². The van der Waals surface area contributed by atoms with Gasteiger partial charge in [0, 0.05) is 16.5 Å². The normalized spacial score (nSPS) is 16.2. The van der Waals surface area contributed by atoms with Crippen LogP contribution in [0.3, 0.4) is 0 Å². The molecule has 0 aliphatic heterocycles. The van der Waals surface area contributed by atoms with Crippen LogP contribution in [0.1, 0.15) is 40.7 Å². The van der Waals surface area contributed by atoms with Gasteiger partial charge in [-0.05, 0) is 49.9 Å². The lowest BCUT2D eigenvalue weighted by Gasteiger charge is -2.24. The average molecular weight is 223 g/mol. The van der Waals surface area contributed by atoms with E-state index in [-0.39, 0.29) is 5.92 Å². The first-order valence-corrected chi connectivity index (χ1v) is 5.78. The molecule has 0 atom stereocenters. The van der Waals surface area contributed by atoms with Crippen LogP contribution >= 0.6 is 11.6 Å². The number of rotatable bonds is 2. The zero-order valence-electron chi connectivity index (χ0n) is 9.14. The zero-order valence-corrected chi connectivity index (χ0v) is 9.90. The molecule has 1 aliphatic rings. The van der Waals surface area contributed by atoms with Gasteiger partial charge in [0.05, 0.1) is 0 Å². The van der Waals surface area contributed by atoms with Crippen molar-refractivity contribution in [1.82, 2.24) is 0 Å². The van der Waals surface area contributed by atoms with Crippen molar-refractivity contribution in [2.75, 3.05) is 0 Å². The summed E-state index contributed by atoms with van der Waals surface area (Å²) in [6.45, 7) is 3.90. The minimum absolute atomic E-state index is 0.268. The van der Waals surface area contributed by atoms with Crippen molar-refractivity contribution in [3.63, 3.8) is 0 Å². The third kappa shape index (κ3) is 1.93. The number of hydrogen-bond acceptors (Lipinski definition) is 1. The molecule has 0 radical (unpaired) electrons. The highest BCUT2D eigenvalue weighted by Crippen LogP contribution is 2.31. The Kier molecular flexibility index (Phi) is 2.83. The summed E-state index contributed by atoms with van der Waals surface area (Å²) in [5.41, 5.74) is 2.83. The molecule has 15 heavy (non-hydrogen) atoms. The highest BCUT2D eigenvalue weighted by Gasteiger charge is 2.26. The Morgan fingerprint density at radius 3 is 2.20 bits per heavy atom. The van der Waals surface area contributed by atoms with Crippen LogP contribution < -0.4 is 0 Å². The van der Waals surface area contributed by atoms with Gasteiger partial charge in [-0.2, -0.15) is 0 Å². The summed E-state index contributed by atoms with van der Waals surface area (Å²) >= 11 is 6.07. The fraction of sp³-hybridized carbons (Fsp3) is 0.462. The molecule has 2 rings (SSSR count). The fourth-order valence-electron chi connectivity index (χ4n) is 1.99. The molecule has 0 heterocycles. The second-order valence-corrected chi connectivity index (χ2v) is 4.79. The van der Waals surface area contributed by atoms with Crippen molar-refractivity contribution < 1.29 is 4.79 Å². The number of halogens is 1. The molecule has 0 unspecified atom stereocenters. The van der Waals surface area contributed by atoms with Gasteiger partial charge in [0.25, 0.3) is 0 Å². The van der Waals surface area contributed by atoms with Gasteiger partial charge < -0.3 is 0 Å². The quantitative estimate of drug-likeness (QED) is 0.693. The van der Waals surface area contributed by atoms with Crippen LogP contribution in [0.15, 0.2) is 12.1 Å². The van der Waals surface area contributed by atoms with E-state index in [1.54, 1.807) is 0 Å². The van der Waals surface area contributed by atoms with Crippen molar-refractivity contribution >= 4 is 17.4 Å². The maximum atomic E-state index is 12.0. The van der Waals surface area contributed by atoms with Crippen LogP contribution in [-0.4, -0.2) is 5.78 Å². The lowest BCUT2D eigenvalue weighted by atomic mass is 9.79. The summed E-state index contributed by atoms with van der Waals surface area (Å²) in [7, 11) is 0. The van der Waals surface area contributed by atoms with E-state index in [2.05, 4.69) is 0 Å². The molecule has 0 N–H and O–H groups in total. The van der Waals surface area contributed by atoms with Gasteiger partial charge in [-0.3, -0.25) is 4.79 Å². The van der Waals surface area contributed by atoms with Crippen molar-refractivity contribution in [2.45, 2.75) is 33.1 Å². The number of ketones is 1. The summed E-state index contributed by atoms with van der Waals surface area (Å²) < 4.78 is 0. The maximum Gasteiger partial charge on any atom is 0.165 e. The van der Waals surface area contributed by atoms with E-state index in [9.17, 15) is 4.79 Å². The SMILES string of the molecule is Cc1cc(C(=O)C2CCC2)cc(C)c1Cl. The number of carbonyl (C=O) groups is 1.